The van der Waals surface area contributed by atoms with Crippen LogP contribution in [0.2, 0.25) is 39.3 Å². The third-order valence-electron chi connectivity index (χ3n) is 2.05. The summed E-state index contributed by atoms with van der Waals surface area (Å²) >= 11 is 0. The fraction of sp³-hybridized carbons (Fsp3) is 1.00. The molecule has 104 valence electrons. The lowest BCUT2D eigenvalue weighted by atomic mass is 11.8. The molecule has 0 bridgehead atoms. The fourth-order valence-electron chi connectivity index (χ4n) is 1.54. The molecule has 2 atom stereocenters. The van der Waals surface area contributed by atoms with E-state index in [0.717, 1.165) is 0 Å². The van der Waals surface area contributed by atoms with Crippen molar-refractivity contribution < 1.29 is 21.2 Å². The molecule has 17 heavy (non-hydrogen) atoms. The first-order valence-electron chi connectivity index (χ1n) is 5.73. The molecule has 0 rings (SSSR count). The van der Waals surface area contributed by atoms with Crippen LogP contribution in [0.25, 0.3) is 0 Å². The standard InChI is InChI=1S/C8H26O5Si4/c1-9-14(3)11-16(5,6)13-17(7,8)12-15(4)10-2/h14-15H,1-8H3. The maximum Gasteiger partial charge on any atom is 0.313 e. The van der Waals surface area contributed by atoms with Crippen LogP contribution < -0.4 is 0 Å². The lowest BCUT2D eigenvalue weighted by Gasteiger charge is -2.35. The Morgan fingerprint density at radius 2 is 1.00 bits per heavy atom. The normalized spacial score (nSPS) is 16.9. The van der Waals surface area contributed by atoms with Crippen molar-refractivity contribution in [1.82, 2.24) is 0 Å². The summed E-state index contributed by atoms with van der Waals surface area (Å²) in [6.45, 7) is 12.1. The van der Waals surface area contributed by atoms with E-state index in [0.29, 0.717) is 0 Å². The van der Waals surface area contributed by atoms with Gasteiger partial charge in [-0.05, 0) is 39.3 Å². The summed E-state index contributed by atoms with van der Waals surface area (Å²) in [6, 6.07) is 0. The minimum absolute atomic E-state index is 1.56. The first-order valence-corrected chi connectivity index (χ1v) is 15.6. The van der Waals surface area contributed by atoms with Gasteiger partial charge in [0.05, 0.1) is 0 Å². The first-order chi connectivity index (χ1) is 7.62. The third-order valence-corrected chi connectivity index (χ3v) is 14.5. The summed E-state index contributed by atoms with van der Waals surface area (Å²) in [6.07, 6.45) is 0. The van der Waals surface area contributed by atoms with E-state index in [9.17, 15) is 0 Å². The van der Waals surface area contributed by atoms with Gasteiger partial charge in [-0.25, -0.2) is 0 Å². The molecule has 0 spiro atoms. The second-order valence-corrected chi connectivity index (χ2v) is 16.3. The van der Waals surface area contributed by atoms with Crippen molar-refractivity contribution in [2.45, 2.75) is 39.3 Å². The van der Waals surface area contributed by atoms with Gasteiger partial charge in [-0.3, -0.25) is 0 Å². The monoisotopic (exact) mass is 314 g/mol. The molecule has 9 heteroatoms. The zero-order valence-electron chi connectivity index (χ0n) is 12.2. The molecule has 0 aromatic carbocycles. The molecule has 0 aliphatic heterocycles. The predicted molar refractivity (Wildman–Crippen MR) is 78.3 cm³/mol. The third kappa shape index (κ3) is 8.39. The van der Waals surface area contributed by atoms with Crippen LogP contribution in [0.3, 0.4) is 0 Å². The molecule has 0 fully saturated rings. The van der Waals surface area contributed by atoms with Gasteiger partial charge in [0.2, 0.25) is 0 Å². The van der Waals surface area contributed by atoms with Crippen LogP contribution in [-0.4, -0.2) is 49.9 Å². The smallest absolute Gasteiger partial charge is 0.313 e. The summed E-state index contributed by atoms with van der Waals surface area (Å²) in [5.41, 5.74) is 0. The van der Waals surface area contributed by atoms with Crippen molar-refractivity contribution in [1.29, 1.82) is 0 Å². The molecular weight excluding hydrogens is 288 g/mol. The highest BCUT2D eigenvalue weighted by molar-refractivity contribution is 6.83. The van der Waals surface area contributed by atoms with Crippen molar-refractivity contribution in [3.8, 4) is 0 Å². The highest BCUT2D eigenvalue weighted by Gasteiger charge is 2.38. The fourth-order valence-corrected chi connectivity index (χ4v) is 14.7. The van der Waals surface area contributed by atoms with Crippen molar-refractivity contribution in [2.24, 2.45) is 0 Å². The molecule has 0 aromatic rings. The van der Waals surface area contributed by atoms with Crippen LogP contribution in [0, 0.1) is 0 Å². The lowest BCUT2D eigenvalue weighted by molar-refractivity contribution is 0.267. The second kappa shape index (κ2) is 7.30. The largest absolute Gasteiger partial charge is 0.418 e. The summed E-state index contributed by atoms with van der Waals surface area (Å²) in [4.78, 5) is 0. The van der Waals surface area contributed by atoms with Gasteiger partial charge in [0.1, 0.15) is 0 Å². The summed E-state index contributed by atoms with van der Waals surface area (Å²) in [5, 5.41) is 0. The van der Waals surface area contributed by atoms with Crippen LogP contribution in [0.15, 0.2) is 0 Å². The highest BCUT2D eigenvalue weighted by Crippen LogP contribution is 2.18. The zero-order valence-corrected chi connectivity index (χ0v) is 16.5. The summed E-state index contributed by atoms with van der Waals surface area (Å²) in [5.74, 6) is 0. The Labute approximate surface area is 111 Å². The Balaban J connectivity index is 4.36. The first kappa shape index (κ1) is 17.7. The molecule has 0 N–H and O–H groups in total. The van der Waals surface area contributed by atoms with Gasteiger partial charge in [-0.1, -0.05) is 0 Å². The maximum atomic E-state index is 6.11. The van der Waals surface area contributed by atoms with Crippen LogP contribution in [0.5, 0.6) is 0 Å². The quantitative estimate of drug-likeness (QED) is 0.634. The molecule has 5 nitrogen and oxygen atoms in total. The highest BCUT2D eigenvalue weighted by atomic mass is 28.5. The van der Waals surface area contributed by atoms with Crippen molar-refractivity contribution in [2.75, 3.05) is 14.2 Å². The molecule has 0 aliphatic rings. The molecular formula is C8H26O5Si4. The van der Waals surface area contributed by atoms with E-state index < -0.39 is 35.7 Å². The minimum atomic E-state index is -2.16. The van der Waals surface area contributed by atoms with Gasteiger partial charge in [0.15, 0.2) is 0 Å². The number of hydrogen-bond acceptors (Lipinski definition) is 5. The van der Waals surface area contributed by atoms with E-state index in [-0.39, 0.29) is 0 Å². The summed E-state index contributed by atoms with van der Waals surface area (Å²) in [7, 11) is -4.07. The van der Waals surface area contributed by atoms with Gasteiger partial charge in [-0.2, -0.15) is 0 Å². The predicted octanol–water partition coefficient (Wildman–Crippen LogP) is 1.43. The Hall–Kier alpha value is 0.668. The topological polar surface area (TPSA) is 46.2 Å². The Bertz CT molecular complexity index is 204. The molecule has 0 saturated heterocycles. The molecule has 0 aliphatic carbocycles. The van der Waals surface area contributed by atoms with Gasteiger partial charge in [-0.15, -0.1) is 0 Å². The molecule has 0 amide bonds. The average molecular weight is 315 g/mol. The van der Waals surface area contributed by atoms with E-state index in [1.54, 1.807) is 14.2 Å². The van der Waals surface area contributed by atoms with Gasteiger partial charge in [0, 0.05) is 14.2 Å². The van der Waals surface area contributed by atoms with Crippen LogP contribution in [-0.2, 0) is 21.2 Å². The maximum absolute atomic E-state index is 6.11. The van der Waals surface area contributed by atoms with E-state index >= 15 is 0 Å². The van der Waals surface area contributed by atoms with Gasteiger partial charge >= 0.3 is 35.7 Å². The molecule has 0 heterocycles. The van der Waals surface area contributed by atoms with Crippen molar-refractivity contribution >= 4 is 35.7 Å². The van der Waals surface area contributed by atoms with E-state index in [2.05, 4.69) is 0 Å². The lowest BCUT2D eigenvalue weighted by Crippen LogP contribution is -2.52. The van der Waals surface area contributed by atoms with E-state index in [4.69, 9.17) is 21.2 Å². The van der Waals surface area contributed by atoms with Gasteiger partial charge in [0.25, 0.3) is 0 Å². The SMILES string of the molecule is CO[SiH](C)O[Si](C)(C)O[Si](C)(C)O[SiH](C)OC. The van der Waals surface area contributed by atoms with Crippen molar-refractivity contribution in [3.05, 3.63) is 0 Å². The number of rotatable bonds is 8. The Morgan fingerprint density at radius 3 is 1.24 bits per heavy atom. The van der Waals surface area contributed by atoms with Crippen LogP contribution >= 0.6 is 0 Å². The Kier molecular flexibility index (Phi) is 7.59. The molecule has 0 radical (unpaired) electrons. The second-order valence-electron chi connectivity index (χ2n) is 4.74. The summed E-state index contributed by atoms with van der Waals surface area (Å²) < 4.78 is 28.4. The van der Waals surface area contributed by atoms with Crippen molar-refractivity contribution in [3.63, 3.8) is 0 Å². The molecule has 0 saturated carbocycles. The van der Waals surface area contributed by atoms with E-state index in [1.165, 1.54) is 0 Å². The molecule has 2 unspecified atom stereocenters. The van der Waals surface area contributed by atoms with Crippen LogP contribution in [0.4, 0.5) is 0 Å². The number of hydrogen-bond donors (Lipinski definition) is 0. The van der Waals surface area contributed by atoms with E-state index in [1.807, 2.05) is 39.3 Å². The zero-order chi connectivity index (χ0) is 13.7. The van der Waals surface area contributed by atoms with Gasteiger partial charge < -0.3 is 21.2 Å². The van der Waals surface area contributed by atoms with Crippen LogP contribution in [0.1, 0.15) is 0 Å². The minimum Gasteiger partial charge on any atom is -0.418 e. The Morgan fingerprint density at radius 1 is 0.706 bits per heavy atom. The average Bonchev–Trinajstić information content (AvgIpc) is 2.13. The molecule has 0 aromatic heterocycles.